The number of carbonyl (C=O) groups excluding carboxylic acids is 3. The number of nitrogens with one attached hydrogen (secondary N) is 2. The van der Waals surface area contributed by atoms with Gasteiger partial charge in [-0.25, -0.2) is 8.42 Å². The van der Waals surface area contributed by atoms with Crippen molar-refractivity contribution in [3.63, 3.8) is 0 Å². The van der Waals surface area contributed by atoms with Crippen LogP contribution in [0.25, 0.3) is 0 Å². The van der Waals surface area contributed by atoms with Crippen molar-refractivity contribution in [1.29, 1.82) is 0 Å². The van der Waals surface area contributed by atoms with Crippen LogP contribution in [0.1, 0.15) is 51.9 Å². The second-order valence-electron chi connectivity index (χ2n) is 9.97. The van der Waals surface area contributed by atoms with E-state index in [2.05, 4.69) is 10.6 Å². The maximum absolute atomic E-state index is 12.9. The zero-order chi connectivity index (χ0) is 21.5. The monoisotopic (exact) mass is 439 g/mol. The van der Waals surface area contributed by atoms with Crippen molar-refractivity contribution in [3.05, 3.63) is 0 Å². The Hall–Kier alpha value is -1.64. The van der Waals surface area contributed by atoms with E-state index in [4.69, 9.17) is 0 Å². The van der Waals surface area contributed by atoms with E-state index >= 15 is 0 Å². The number of hydrogen-bond donors (Lipinski definition) is 2. The van der Waals surface area contributed by atoms with Gasteiger partial charge in [0.1, 0.15) is 6.04 Å². The van der Waals surface area contributed by atoms with Gasteiger partial charge in [0.25, 0.3) is 0 Å². The Kier molecular flexibility index (Phi) is 5.85. The summed E-state index contributed by atoms with van der Waals surface area (Å²) in [6.45, 7) is 2.22. The van der Waals surface area contributed by atoms with Crippen LogP contribution >= 0.6 is 0 Å². The molecule has 5 rings (SSSR count). The fraction of sp³-hybridized carbons (Fsp3) is 0.857. The summed E-state index contributed by atoms with van der Waals surface area (Å²) in [5.74, 6) is 1.58. The number of sulfone groups is 1. The smallest absolute Gasteiger partial charge is 0.244 e. The molecule has 1 unspecified atom stereocenters. The molecule has 5 fully saturated rings. The maximum atomic E-state index is 12.9. The van der Waals surface area contributed by atoms with Crippen LogP contribution in [0.15, 0.2) is 0 Å². The molecule has 1 aliphatic heterocycles. The lowest BCUT2D eigenvalue weighted by Crippen LogP contribution is -2.54. The van der Waals surface area contributed by atoms with E-state index in [0.717, 1.165) is 19.3 Å². The molecule has 168 valence electrons. The van der Waals surface area contributed by atoms with E-state index in [1.54, 1.807) is 6.92 Å². The van der Waals surface area contributed by atoms with Crippen LogP contribution in [0.3, 0.4) is 0 Å². The van der Waals surface area contributed by atoms with Crippen molar-refractivity contribution in [1.82, 2.24) is 15.5 Å². The largest absolute Gasteiger partial charge is 0.355 e. The Morgan fingerprint density at radius 2 is 1.53 bits per heavy atom. The number of rotatable bonds is 6. The number of carbonyl (C=O) groups is 3. The van der Waals surface area contributed by atoms with Gasteiger partial charge in [0.2, 0.25) is 17.7 Å². The molecular formula is C21H33N3O5S. The third kappa shape index (κ3) is 4.50. The Morgan fingerprint density at radius 3 is 2.07 bits per heavy atom. The average Bonchev–Trinajstić information content (AvgIpc) is 2.66. The van der Waals surface area contributed by atoms with Crippen molar-refractivity contribution in [2.45, 2.75) is 57.9 Å². The van der Waals surface area contributed by atoms with Crippen LogP contribution in [0, 0.1) is 23.2 Å². The first-order valence-corrected chi connectivity index (χ1v) is 13.0. The molecule has 0 aromatic carbocycles. The second kappa shape index (κ2) is 8.13. The molecule has 3 amide bonds. The van der Waals surface area contributed by atoms with Gasteiger partial charge in [0.05, 0.1) is 11.5 Å². The Bertz CT molecular complexity index is 775. The molecule has 30 heavy (non-hydrogen) atoms. The van der Waals surface area contributed by atoms with Gasteiger partial charge in [-0.1, -0.05) is 0 Å². The van der Waals surface area contributed by atoms with Gasteiger partial charge < -0.3 is 15.5 Å². The summed E-state index contributed by atoms with van der Waals surface area (Å²) < 4.78 is 23.0. The lowest BCUT2D eigenvalue weighted by Gasteiger charge is -2.55. The molecule has 1 saturated heterocycles. The van der Waals surface area contributed by atoms with Crippen LogP contribution < -0.4 is 10.6 Å². The summed E-state index contributed by atoms with van der Waals surface area (Å²) in [4.78, 5) is 39.1. The van der Waals surface area contributed by atoms with Gasteiger partial charge in [-0.3, -0.25) is 14.4 Å². The normalized spacial score (nSPS) is 35.0. The fourth-order valence-corrected chi connectivity index (χ4v) is 7.65. The lowest BCUT2D eigenvalue weighted by molar-refractivity contribution is -0.146. The first-order chi connectivity index (χ1) is 14.2. The third-order valence-corrected chi connectivity index (χ3v) is 9.17. The summed E-state index contributed by atoms with van der Waals surface area (Å²) in [6, 6.07) is -0.711. The molecule has 0 aromatic heterocycles. The van der Waals surface area contributed by atoms with Crippen LogP contribution in [0.4, 0.5) is 0 Å². The zero-order valence-corrected chi connectivity index (χ0v) is 18.5. The molecule has 5 aliphatic rings. The number of hydrogen-bond acceptors (Lipinski definition) is 5. The van der Waals surface area contributed by atoms with E-state index in [-0.39, 0.29) is 60.7 Å². The predicted octanol–water partition coefficient (Wildman–Crippen LogP) is 0.471. The summed E-state index contributed by atoms with van der Waals surface area (Å²) >= 11 is 0. The van der Waals surface area contributed by atoms with Crippen LogP contribution in [-0.4, -0.2) is 68.2 Å². The van der Waals surface area contributed by atoms with Gasteiger partial charge in [-0.15, -0.1) is 0 Å². The molecule has 4 saturated carbocycles. The molecular weight excluding hydrogens is 406 g/mol. The van der Waals surface area contributed by atoms with Crippen molar-refractivity contribution < 1.29 is 22.8 Å². The second-order valence-corrected chi connectivity index (χ2v) is 12.3. The Morgan fingerprint density at radius 1 is 1.00 bits per heavy atom. The minimum Gasteiger partial charge on any atom is -0.355 e. The molecule has 4 bridgehead atoms. The number of amides is 3. The summed E-state index contributed by atoms with van der Waals surface area (Å²) in [5.41, 5.74) is -0.219. The minimum atomic E-state index is -3.06. The number of nitrogens with zero attached hydrogens (tertiary/aromatic N) is 1. The summed E-state index contributed by atoms with van der Waals surface area (Å²) in [5, 5.41) is 5.66. The highest BCUT2D eigenvalue weighted by Gasteiger charge is 2.54. The molecule has 0 spiro atoms. The third-order valence-electron chi connectivity index (χ3n) is 7.56. The molecule has 4 aliphatic carbocycles. The molecule has 0 radical (unpaired) electrons. The first kappa shape index (κ1) is 21.6. The van der Waals surface area contributed by atoms with Crippen LogP contribution in [0.5, 0.6) is 0 Å². The zero-order valence-electron chi connectivity index (χ0n) is 17.7. The molecule has 0 aromatic rings. The van der Waals surface area contributed by atoms with Crippen molar-refractivity contribution in [2.24, 2.45) is 23.2 Å². The van der Waals surface area contributed by atoms with Crippen LogP contribution in [0.2, 0.25) is 0 Å². The first-order valence-electron chi connectivity index (χ1n) is 11.2. The van der Waals surface area contributed by atoms with Gasteiger partial charge in [-0.2, -0.15) is 0 Å². The van der Waals surface area contributed by atoms with Gasteiger partial charge in [0, 0.05) is 31.5 Å². The quantitative estimate of drug-likeness (QED) is 0.625. The van der Waals surface area contributed by atoms with Crippen molar-refractivity contribution in [3.8, 4) is 0 Å². The average molecular weight is 440 g/mol. The van der Waals surface area contributed by atoms with Gasteiger partial charge in [-0.05, 0) is 63.2 Å². The van der Waals surface area contributed by atoms with E-state index in [0.29, 0.717) is 17.8 Å². The van der Waals surface area contributed by atoms with E-state index in [9.17, 15) is 22.8 Å². The van der Waals surface area contributed by atoms with Gasteiger partial charge in [0.15, 0.2) is 9.84 Å². The molecule has 1 heterocycles. The highest BCUT2D eigenvalue weighted by Crippen LogP contribution is 2.60. The van der Waals surface area contributed by atoms with Crippen LogP contribution in [-0.2, 0) is 24.2 Å². The van der Waals surface area contributed by atoms with Crippen molar-refractivity contribution in [2.75, 3.05) is 31.1 Å². The standard InChI is InChI=1S/C21H33N3O5S/c1-14(19(26)24-4-6-30(28,29)7-5-24)23-18(25)2-3-22-20(27)21-11-15-8-16(12-21)10-17(9-15)13-21/h14-17H,2-13H2,1H3,(H,22,27)(H,23,25). The summed E-state index contributed by atoms with van der Waals surface area (Å²) in [7, 11) is -3.06. The Labute approximate surface area is 178 Å². The molecule has 1 atom stereocenters. The maximum Gasteiger partial charge on any atom is 0.244 e. The topological polar surface area (TPSA) is 113 Å². The predicted molar refractivity (Wildman–Crippen MR) is 111 cm³/mol. The Balaban J connectivity index is 1.20. The molecule has 8 nitrogen and oxygen atoms in total. The van der Waals surface area contributed by atoms with E-state index in [1.165, 1.54) is 24.2 Å². The van der Waals surface area contributed by atoms with E-state index < -0.39 is 15.9 Å². The summed E-state index contributed by atoms with van der Waals surface area (Å²) in [6.07, 6.45) is 6.96. The molecule has 2 N–H and O–H groups in total. The highest BCUT2D eigenvalue weighted by atomic mass is 32.2. The fourth-order valence-electron chi connectivity index (χ4n) is 6.45. The van der Waals surface area contributed by atoms with Gasteiger partial charge >= 0.3 is 0 Å². The molecule has 9 heteroatoms. The van der Waals surface area contributed by atoms with Crippen molar-refractivity contribution >= 4 is 27.6 Å². The minimum absolute atomic E-state index is 0.0320. The lowest BCUT2D eigenvalue weighted by atomic mass is 9.49. The highest BCUT2D eigenvalue weighted by molar-refractivity contribution is 7.91. The SMILES string of the molecule is CC(NC(=O)CCNC(=O)C12CC3CC(CC(C3)C1)C2)C(=O)N1CCS(=O)(=O)CC1. The van der Waals surface area contributed by atoms with E-state index in [1.807, 2.05) is 0 Å².